The molecule has 0 spiro atoms. The molecule has 4 nitrogen and oxygen atoms in total. The van der Waals surface area contributed by atoms with Crippen LogP contribution in [0.3, 0.4) is 0 Å². The molecule has 0 aliphatic carbocycles. The summed E-state index contributed by atoms with van der Waals surface area (Å²) in [6.07, 6.45) is 3.55. The van der Waals surface area contributed by atoms with Crippen molar-refractivity contribution in [1.82, 2.24) is 9.88 Å². The lowest BCUT2D eigenvalue weighted by Gasteiger charge is -2.36. The van der Waals surface area contributed by atoms with E-state index in [1.807, 2.05) is 13.0 Å². The second-order valence-electron chi connectivity index (χ2n) is 7.31. The highest BCUT2D eigenvalue weighted by atomic mass is 35.5. The van der Waals surface area contributed by atoms with Gasteiger partial charge in [0.25, 0.3) is 0 Å². The third-order valence-corrected chi connectivity index (χ3v) is 6.06. The van der Waals surface area contributed by atoms with E-state index in [2.05, 4.69) is 35.0 Å². The Bertz CT molecular complexity index is 835. The zero-order valence-corrected chi connectivity index (χ0v) is 17.1. The predicted octanol–water partition coefficient (Wildman–Crippen LogP) is 4.95. The highest BCUT2D eigenvalue weighted by molar-refractivity contribution is 6.31. The van der Waals surface area contributed by atoms with Crippen LogP contribution in [0.15, 0.2) is 30.5 Å². The molecule has 2 aromatic rings. The molecule has 0 unspecified atom stereocenters. The first-order valence-corrected chi connectivity index (χ1v) is 9.97. The highest BCUT2D eigenvalue weighted by Gasteiger charge is 2.32. The van der Waals surface area contributed by atoms with Gasteiger partial charge < -0.3 is 5.11 Å². The summed E-state index contributed by atoms with van der Waals surface area (Å²) >= 11 is 12.5. The van der Waals surface area contributed by atoms with E-state index in [1.54, 1.807) is 6.20 Å². The minimum atomic E-state index is -0.725. The smallest absolute Gasteiger partial charge is 0.309 e. The highest BCUT2D eigenvalue weighted by Crippen LogP contribution is 2.29. The summed E-state index contributed by atoms with van der Waals surface area (Å²) < 4.78 is 0. The number of nitrogens with zero attached hydrogens (tertiary/aromatic N) is 2. The number of halogens is 2. The molecule has 0 radical (unpaired) electrons. The van der Waals surface area contributed by atoms with Crippen molar-refractivity contribution in [3.05, 3.63) is 62.9 Å². The summed E-state index contributed by atoms with van der Waals surface area (Å²) in [4.78, 5) is 17.6. The summed E-state index contributed by atoms with van der Waals surface area (Å²) in [7, 11) is 0. The summed E-state index contributed by atoms with van der Waals surface area (Å²) in [6, 6.07) is 8.26. The Labute approximate surface area is 170 Å². The van der Waals surface area contributed by atoms with Gasteiger partial charge in [-0.3, -0.25) is 14.7 Å². The number of aryl methyl sites for hydroxylation is 1. The molecule has 1 N–H and O–H groups in total. The van der Waals surface area contributed by atoms with Crippen molar-refractivity contribution < 1.29 is 9.90 Å². The minimum absolute atomic E-state index is 0.261. The Kier molecular flexibility index (Phi) is 6.40. The van der Waals surface area contributed by atoms with Crippen LogP contribution in [0, 0.1) is 12.8 Å². The van der Waals surface area contributed by atoms with Crippen LogP contribution >= 0.6 is 23.2 Å². The van der Waals surface area contributed by atoms with Gasteiger partial charge in [-0.15, -0.1) is 0 Å². The molecule has 144 valence electrons. The molecule has 1 aromatic carbocycles. The van der Waals surface area contributed by atoms with Gasteiger partial charge in [0, 0.05) is 36.5 Å². The summed E-state index contributed by atoms with van der Waals surface area (Å²) in [5.74, 6) is -0.623. The lowest BCUT2D eigenvalue weighted by atomic mass is 9.90. The van der Waals surface area contributed by atoms with Gasteiger partial charge in [0.15, 0.2) is 0 Å². The first kappa shape index (κ1) is 20.1. The van der Waals surface area contributed by atoms with Crippen LogP contribution in [0.5, 0.6) is 0 Å². The summed E-state index contributed by atoms with van der Waals surface area (Å²) in [5.41, 5.74) is 4.37. The molecule has 1 atom stereocenters. The number of aliphatic carboxylic acids is 1. The molecule has 3 rings (SSSR count). The number of carboxylic acid groups (broad SMARTS) is 1. The standard InChI is InChI=1S/C21H24Cl2N2O2/c1-3-14(15-4-5-19(22)13(2)6-15)7-18-8-16(20(23)9-24-18)10-25-11-17(12-25)21(26)27/h4-6,8-9,14,17H,3,7,10-12H2,1-2H3,(H,26,27)/t14-/m0/s1. The van der Waals surface area contributed by atoms with Gasteiger partial charge in [-0.25, -0.2) is 0 Å². The maximum absolute atomic E-state index is 11.0. The number of rotatable bonds is 7. The van der Waals surface area contributed by atoms with Crippen molar-refractivity contribution in [2.24, 2.45) is 5.92 Å². The molecule has 1 aromatic heterocycles. The number of pyridine rings is 1. The van der Waals surface area contributed by atoms with Gasteiger partial charge in [-0.2, -0.15) is 0 Å². The maximum atomic E-state index is 11.0. The van der Waals surface area contributed by atoms with Gasteiger partial charge in [0.2, 0.25) is 0 Å². The van der Waals surface area contributed by atoms with Crippen molar-refractivity contribution in [3.8, 4) is 0 Å². The number of hydrogen-bond donors (Lipinski definition) is 1. The fourth-order valence-corrected chi connectivity index (χ4v) is 3.81. The fraction of sp³-hybridized carbons (Fsp3) is 0.429. The molecule has 1 aliphatic heterocycles. The molecule has 0 bridgehead atoms. The van der Waals surface area contributed by atoms with Crippen molar-refractivity contribution in [2.45, 2.75) is 39.2 Å². The van der Waals surface area contributed by atoms with Crippen molar-refractivity contribution >= 4 is 29.2 Å². The monoisotopic (exact) mass is 406 g/mol. The molecule has 1 saturated heterocycles. The zero-order valence-electron chi connectivity index (χ0n) is 15.6. The number of likely N-dealkylation sites (tertiary alicyclic amines) is 1. The Hall–Kier alpha value is -1.62. The van der Waals surface area contributed by atoms with Crippen LogP contribution in [0.1, 0.15) is 41.6 Å². The SMILES string of the molecule is CC[C@@H](Cc1cc(CN2CC(C(=O)O)C2)c(Cl)cn1)c1ccc(Cl)c(C)c1. The van der Waals surface area contributed by atoms with Crippen LogP contribution in [0.25, 0.3) is 0 Å². The summed E-state index contributed by atoms with van der Waals surface area (Å²) in [5, 5.41) is 10.4. The van der Waals surface area contributed by atoms with E-state index >= 15 is 0 Å². The van der Waals surface area contributed by atoms with Gasteiger partial charge >= 0.3 is 5.97 Å². The molecule has 2 heterocycles. The Morgan fingerprint density at radius 2 is 2.04 bits per heavy atom. The Balaban J connectivity index is 1.71. The van der Waals surface area contributed by atoms with E-state index in [-0.39, 0.29) is 5.92 Å². The quantitative estimate of drug-likeness (QED) is 0.706. The lowest BCUT2D eigenvalue weighted by Crippen LogP contribution is -2.49. The van der Waals surface area contributed by atoms with E-state index in [4.69, 9.17) is 28.3 Å². The zero-order chi connectivity index (χ0) is 19.6. The van der Waals surface area contributed by atoms with Crippen molar-refractivity contribution in [2.75, 3.05) is 13.1 Å². The number of carboxylic acids is 1. The van der Waals surface area contributed by atoms with Gasteiger partial charge in [0.1, 0.15) is 0 Å². The molecular weight excluding hydrogens is 383 g/mol. The molecular formula is C21H24Cl2N2O2. The molecule has 0 amide bonds. The number of hydrogen-bond acceptors (Lipinski definition) is 3. The third kappa shape index (κ3) is 4.81. The van der Waals surface area contributed by atoms with Crippen LogP contribution in [-0.4, -0.2) is 34.0 Å². The summed E-state index contributed by atoms with van der Waals surface area (Å²) in [6.45, 7) is 6.01. The normalized spacial score (nSPS) is 16.1. The molecule has 27 heavy (non-hydrogen) atoms. The average Bonchev–Trinajstić information content (AvgIpc) is 2.60. The van der Waals surface area contributed by atoms with E-state index in [0.29, 0.717) is 30.6 Å². The lowest BCUT2D eigenvalue weighted by molar-refractivity contribution is -0.147. The van der Waals surface area contributed by atoms with Crippen molar-refractivity contribution in [1.29, 1.82) is 0 Å². The second kappa shape index (κ2) is 8.59. The molecule has 1 aliphatic rings. The van der Waals surface area contributed by atoms with E-state index in [0.717, 1.165) is 34.7 Å². The second-order valence-corrected chi connectivity index (χ2v) is 8.13. The van der Waals surface area contributed by atoms with Gasteiger partial charge in [-0.05, 0) is 54.5 Å². The fourth-order valence-electron chi connectivity index (χ4n) is 3.53. The predicted molar refractivity (Wildman–Crippen MR) is 109 cm³/mol. The Morgan fingerprint density at radius 1 is 1.30 bits per heavy atom. The minimum Gasteiger partial charge on any atom is -0.481 e. The molecule has 1 fully saturated rings. The van der Waals surface area contributed by atoms with Crippen LogP contribution < -0.4 is 0 Å². The van der Waals surface area contributed by atoms with Crippen LogP contribution in [-0.2, 0) is 17.8 Å². The molecule has 0 saturated carbocycles. The van der Waals surface area contributed by atoms with Crippen LogP contribution in [0.2, 0.25) is 10.0 Å². The van der Waals surface area contributed by atoms with Gasteiger partial charge in [-0.1, -0.05) is 42.3 Å². The Morgan fingerprint density at radius 3 is 2.67 bits per heavy atom. The largest absolute Gasteiger partial charge is 0.481 e. The number of benzene rings is 1. The average molecular weight is 407 g/mol. The molecule has 6 heteroatoms. The maximum Gasteiger partial charge on any atom is 0.309 e. The van der Waals surface area contributed by atoms with E-state index in [9.17, 15) is 4.79 Å². The van der Waals surface area contributed by atoms with E-state index < -0.39 is 5.97 Å². The topological polar surface area (TPSA) is 53.4 Å². The number of carbonyl (C=O) groups is 1. The number of aromatic nitrogens is 1. The van der Waals surface area contributed by atoms with Crippen molar-refractivity contribution in [3.63, 3.8) is 0 Å². The third-order valence-electron chi connectivity index (χ3n) is 5.29. The van der Waals surface area contributed by atoms with Crippen LogP contribution in [0.4, 0.5) is 0 Å². The first-order valence-electron chi connectivity index (χ1n) is 9.21. The van der Waals surface area contributed by atoms with E-state index in [1.165, 1.54) is 5.56 Å². The first-order chi connectivity index (χ1) is 12.9. The van der Waals surface area contributed by atoms with Gasteiger partial charge in [0.05, 0.1) is 10.9 Å².